The van der Waals surface area contributed by atoms with Gasteiger partial charge in [-0.15, -0.1) is 0 Å². The SMILES string of the molecule is COC(=O)C1OC(C)(C)N(C)[C@@H]1C.COC(=O)C1OC(OC)N(C)[C@@H]1C. The minimum Gasteiger partial charge on any atom is -0.467 e. The average molecular weight is 376 g/mol. The molecule has 2 rings (SSSR count). The topological polar surface area (TPSA) is 86.8 Å². The monoisotopic (exact) mass is 376 g/mol. The van der Waals surface area contributed by atoms with Crippen molar-refractivity contribution in [3.05, 3.63) is 0 Å². The molecule has 0 aromatic heterocycles. The Labute approximate surface area is 155 Å². The van der Waals surface area contributed by atoms with Crippen molar-refractivity contribution < 1.29 is 33.3 Å². The predicted molar refractivity (Wildman–Crippen MR) is 93.1 cm³/mol. The van der Waals surface area contributed by atoms with Crippen molar-refractivity contribution in [1.29, 1.82) is 0 Å². The van der Waals surface area contributed by atoms with Crippen LogP contribution in [0.3, 0.4) is 0 Å². The van der Waals surface area contributed by atoms with E-state index in [2.05, 4.69) is 9.47 Å². The maximum absolute atomic E-state index is 11.3. The number of ether oxygens (including phenoxy) is 5. The van der Waals surface area contributed by atoms with Crippen molar-refractivity contribution >= 4 is 11.9 Å². The molecule has 0 N–H and O–H groups in total. The van der Waals surface area contributed by atoms with E-state index in [0.29, 0.717) is 0 Å². The van der Waals surface area contributed by atoms with E-state index < -0.39 is 24.3 Å². The second kappa shape index (κ2) is 9.09. The molecule has 0 amide bonds. The number of hydrogen-bond donors (Lipinski definition) is 0. The number of carbonyl (C=O) groups is 2. The summed E-state index contributed by atoms with van der Waals surface area (Å²) in [5.41, 5.74) is -0.391. The maximum atomic E-state index is 11.3. The summed E-state index contributed by atoms with van der Waals surface area (Å²) >= 11 is 0. The van der Waals surface area contributed by atoms with E-state index >= 15 is 0 Å². The summed E-state index contributed by atoms with van der Waals surface area (Å²) in [5, 5.41) is 0. The van der Waals surface area contributed by atoms with Crippen LogP contribution in [0.5, 0.6) is 0 Å². The zero-order valence-electron chi connectivity index (χ0n) is 17.1. The van der Waals surface area contributed by atoms with Gasteiger partial charge >= 0.3 is 11.9 Å². The highest BCUT2D eigenvalue weighted by molar-refractivity contribution is 5.76. The minimum absolute atomic E-state index is 0.0302. The summed E-state index contributed by atoms with van der Waals surface area (Å²) in [6, 6.07) is 0.0276. The van der Waals surface area contributed by atoms with Crippen LogP contribution < -0.4 is 0 Å². The number of esters is 2. The fourth-order valence-corrected chi connectivity index (χ4v) is 2.88. The van der Waals surface area contributed by atoms with Gasteiger partial charge in [-0.3, -0.25) is 9.80 Å². The Morgan fingerprint density at radius 1 is 0.923 bits per heavy atom. The Balaban J connectivity index is 0.000000260. The van der Waals surface area contributed by atoms with Gasteiger partial charge in [0.15, 0.2) is 12.2 Å². The van der Waals surface area contributed by atoms with Crippen LogP contribution in [0.25, 0.3) is 0 Å². The minimum atomic E-state index is -0.556. The van der Waals surface area contributed by atoms with Crippen molar-refractivity contribution in [1.82, 2.24) is 9.80 Å². The van der Waals surface area contributed by atoms with Crippen LogP contribution >= 0.6 is 0 Å². The molecule has 0 spiro atoms. The molecule has 26 heavy (non-hydrogen) atoms. The van der Waals surface area contributed by atoms with E-state index in [9.17, 15) is 9.59 Å². The molecule has 9 nitrogen and oxygen atoms in total. The van der Waals surface area contributed by atoms with E-state index in [-0.39, 0.29) is 24.0 Å². The third-order valence-corrected chi connectivity index (χ3v) is 5.06. The molecule has 0 bridgehead atoms. The summed E-state index contributed by atoms with van der Waals surface area (Å²) in [5.74, 6) is -0.663. The fourth-order valence-electron chi connectivity index (χ4n) is 2.88. The number of methoxy groups -OCH3 is 3. The zero-order chi connectivity index (χ0) is 20.2. The lowest BCUT2D eigenvalue weighted by molar-refractivity contribution is -0.182. The average Bonchev–Trinajstić information content (AvgIpc) is 3.02. The molecule has 5 atom stereocenters. The number of carbonyl (C=O) groups excluding carboxylic acids is 2. The molecule has 0 aromatic rings. The van der Waals surface area contributed by atoms with Gasteiger partial charge in [-0.05, 0) is 41.8 Å². The lowest BCUT2D eigenvalue weighted by atomic mass is 10.2. The molecule has 2 saturated heterocycles. The lowest BCUT2D eigenvalue weighted by Crippen LogP contribution is -2.40. The van der Waals surface area contributed by atoms with Crippen molar-refractivity contribution in [2.45, 2.75) is 64.1 Å². The van der Waals surface area contributed by atoms with E-state index in [1.165, 1.54) is 21.3 Å². The van der Waals surface area contributed by atoms with Gasteiger partial charge in [0.2, 0.25) is 6.41 Å². The van der Waals surface area contributed by atoms with Crippen molar-refractivity contribution in [2.75, 3.05) is 35.4 Å². The smallest absolute Gasteiger partial charge is 0.336 e. The number of nitrogens with zero attached hydrogens (tertiary/aromatic N) is 2. The van der Waals surface area contributed by atoms with Crippen LogP contribution in [-0.2, 0) is 33.3 Å². The second-order valence-electron chi connectivity index (χ2n) is 6.89. The van der Waals surface area contributed by atoms with Crippen LogP contribution in [0.2, 0.25) is 0 Å². The van der Waals surface area contributed by atoms with E-state index in [0.717, 1.165) is 0 Å². The Hall–Kier alpha value is -1.26. The molecular weight excluding hydrogens is 344 g/mol. The highest BCUT2D eigenvalue weighted by atomic mass is 16.7. The summed E-state index contributed by atoms with van der Waals surface area (Å²) < 4.78 is 25.2. The van der Waals surface area contributed by atoms with Gasteiger partial charge in [-0.1, -0.05) is 0 Å². The first-order valence-corrected chi connectivity index (χ1v) is 8.48. The van der Waals surface area contributed by atoms with E-state index in [1.807, 2.05) is 51.6 Å². The predicted octanol–water partition coefficient (Wildman–Crippen LogP) is 0.423. The first-order valence-electron chi connectivity index (χ1n) is 8.48. The summed E-state index contributed by atoms with van der Waals surface area (Å²) in [4.78, 5) is 26.3. The molecule has 2 heterocycles. The van der Waals surface area contributed by atoms with Gasteiger partial charge in [0.05, 0.1) is 14.2 Å². The molecule has 2 fully saturated rings. The Kier molecular flexibility index (Phi) is 7.97. The molecule has 0 aliphatic carbocycles. The lowest BCUT2D eigenvalue weighted by Gasteiger charge is -2.27. The van der Waals surface area contributed by atoms with E-state index in [4.69, 9.17) is 14.2 Å². The first-order chi connectivity index (χ1) is 12.0. The largest absolute Gasteiger partial charge is 0.467 e. The number of hydrogen-bond acceptors (Lipinski definition) is 9. The molecule has 2 aliphatic heterocycles. The third kappa shape index (κ3) is 4.72. The molecular formula is C17H32N2O7. The maximum Gasteiger partial charge on any atom is 0.336 e. The van der Waals surface area contributed by atoms with Crippen LogP contribution in [0.1, 0.15) is 27.7 Å². The van der Waals surface area contributed by atoms with Crippen molar-refractivity contribution in [3.63, 3.8) is 0 Å². The van der Waals surface area contributed by atoms with E-state index in [1.54, 1.807) is 0 Å². The number of rotatable bonds is 3. The van der Waals surface area contributed by atoms with Gasteiger partial charge < -0.3 is 23.7 Å². The van der Waals surface area contributed by atoms with Gasteiger partial charge in [-0.25, -0.2) is 9.59 Å². The summed E-state index contributed by atoms with van der Waals surface area (Å²) in [6.45, 7) is 7.72. The zero-order valence-corrected chi connectivity index (χ0v) is 17.1. The van der Waals surface area contributed by atoms with Gasteiger partial charge in [0.1, 0.15) is 5.72 Å². The molecule has 3 unspecified atom stereocenters. The van der Waals surface area contributed by atoms with Gasteiger partial charge in [0, 0.05) is 19.2 Å². The molecule has 0 aromatic carbocycles. The Bertz CT molecular complexity index is 500. The summed E-state index contributed by atoms with van der Waals surface area (Å²) in [7, 11) is 8.03. The molecule has 152 valence electrons. The van der Waals surface area contributed by atoms with Crippen molar-refractivity contribution in [2.24, 2.45) is 0 Å². The van der Waals surface area contributed by atoms with Crippen LogP contribution in [0, 0.1) is 0 Å². The standard InChI is InChI=1S/C9H17NO3.C8H15NO4/c1-6-7(8(11)12-5)13-9(2,3)10(6)4;1-5-6(7(10)11-3)13-8(12-4)9(5)2/h6-7H,1-5H3;5-6,8H,1-4H3/t6-,7?;5-,6?,8?/m11/s1. The molecule has 0 saturated carbocycles. The third-order valence-electron chi connectivity index (χ3n) is 5.06. The molecule has 9 heteroatoms. The second-order valence-corrected chi connectivity index (χ2v) is 6.89. The van der Waals surface area contributed by atoms with Crippen molar-refractivity contribution in [3.8, 4) is 0 Å². The first kappa shape index (κ1) is 22.8. The fraction of sp³-hybridized carbons (Fsp3) is 0.882. The highest BCUT2D eigenvalue weighted by Gasteiger charge is 2.46. The quantitative estimate of drug-likeness (QED) is 0.651. The van der Waals surface area contributed by atoms with Crippen LogP contribution in [0.4, 0.5) is 0 Å². The summed E-state index contributed by atoms with van der Waals surface area (Å²) in [6.07, 6.45) is -1.48. The Morgan fingerprint density at radius 2 is 1.42 bits per heavy atom. The van der Waals surface area contributed by atoms with Crippen LogP contribution in [-0.4, -0.2) is 93.6 Å². The number of likely N-dealkylation sites (N-methyl/N-ethyl adjacent to an activating group) is 2. The van der Waals surface area contributed by atoms with Gasteiger partial charge in [-0.2, -0.15) is 0 Å². The highest BCUT2D eigenvalue weighted by Crippen LogP contribution is 2.30. The Morgan fingerprint density at radius 3 is 1.77 bits per heavy atom. The normalized spacial score (nSPS) is 34.1. The molecule has 2 aliphatic rings. The van der Waals surface area contributed by atoms with Gasteiger partial charge in [0.25, 0.3) is 0 Å². The molecule has 0 radical (unpaired) electrons. The van der Waals surface area contributed by atoms with Crippen LogP contribution in [0.15, 0.2) is 0 Å².